The summed E-state index contributed by atoms with van der Waals surface area (Å²) >= 11 is 18.7. The molecule has 0 radical (unpaired) electrons. The zero-order valence-corrected chi connectivity index (χ0v) is 57.9. The molecule has 6 heterocycles. The molecule has 36 heteroatoms. The summed E-state index contributed by atoms with van der Waals surface area (Å²) in [5, 5.41) is 58.4. The first-order valence-electron chi connectivity index (χ1n) is 31.3. The van der Waals surface area contributed by atoms with Crippen molar-refractivity contribution in [3.05, 3.63) is 174 Å². The molecular formula is C66H69Cl3F3N21O9. The summed E-state index contributed by atoms with van der Waals surface area (Å²) in [4.78, 5) is 86.1. The number of carboxylic acids is 3. The predicted octanol–water partition coefficient (Wildman–Crippen LogP) is 7.96. The Morgan fingerprint density at radius 2 is 0.637 bits per heavy atom. The van der Waals surface area contributed by atoms with Gasteiger partial charge in [0.2, 0.25) is 0 Å². The van der Waals surface area contributed by atoms with Crippen LogP contribution in [0.3, 0.4) is 0 Å². The van der Waals surface area contributed by atoms with Gasteiger partial charge in [0.1, 0.15) is 0 Å². The number of amides is 3. The second kappa shape index (κ2) is 31.2. The highest BCUT2D eigenvalue weighted by Gasteiger charge is 2.28. The number of carboxylic acid groups (broad SMARTS) is 3. The number of nitrogens with two attached hydrogens (primary N) is 3. The van der Waals surface area contributed by atoms with Gasteiger partial charge in [-0.3, -0.25) is 14.4 Å². The number of likely N-dealkylation sites (N-methyl/N-ethyl adjacent to an activating group) is 3. The molecule has 30 nitrogen and oxygen atoms in total. The Bertz CT molecular complexity index is 4280. The fourth-order valence-corrected chi connectivity index (χ4v) is 11.9. The van der Waals surface area contributed by atoms with Crippen molar-refractivity contribution in [1.29, 1.82) is 0 Å². The van der Waals surface area contributed by atoms with E-state index in [4.69, 9.17) is 67.3 Å². The van der Waals surface area contributed by atoms with Crippen molar-refractivity contribution in [2.75, 3.05) is 148 Å². The number of aromatic carboxylic acids is 3. The second-order valence-electron chi connectivity index (χ2n) is 24.2. The summed E-state index contributed by atoms with van der Waals surface area (Å²) in [5.74, 6) is -7.27. The van der Waals surface area contributed by atoms with Crippen molar-refractivity contribution in [2.45, 2.75) is 20.8 Å². The molecule has 0 spiro atoms. The van der Waals surface area contributed by atoms with Gasteiger partial charge in [-0.2, -0.15) is 0 Å². The van der Waals surface area contributed by atoms with Crippen LogP contribution in [-0.2, 0) is 0 Å². The summed E-state index contributed by atoms with van der Waals surface area (Å²) in [6.07, 6.45) is 3.83. The van der Waals surface area contributed by atoms with E-state index in [1.165, 1.54) is 71.6 Å². The number of carbonyl (C=O) groups is 6. The Morgan fingerprint density at radius 1 is 0.402 bits per heavy atom. The van der Waals surface area contributed by atoms with Crippen molar-refractivity contribution >= 4 is 122 Å². The first-order valence-corrected chi connectivity index (χ1v) is 32.5. The number of piperazine rings is 3. The molecule has 534 valence electrons. The van der Waals surface area contributed by atoms with Crippen LogP contribution in [0.4, 0.5) is 64.4 Å². The molecule has 0 aliphatic carbocycles. The SMILES string of the molecule is Cc1c(F)c(N)cc(C(=O)Nc2cc(-n3cc(C(=O)O)nn3)ccc2N2CCN(C)CC2)c1Cl.Cc1c(F)c(N)cc(C(=O)Nc2cc(-n3cc(C(=O)O)nn3)ccc2N2CCN(C)CC2)c1Cl.Cc1c(F)c(N)cc(C(=O)Nc2cc(-n3cc(C(=O)O)nn3)ccc2N2CCN(C)CC2)c1Cl. The highest BCUT2D eigenvalue weighted by Crippen LogP contribution is 2.37. The average Bonchev–Trinajstić information content (AvgIpc) is 0.904. The predicted molar refractivity (Wildman–Crippen MR) is 380 cm³/mol. The van der Waals surface area contributed by atoms with Gasteiger partial charge in [-0.05, 0) is 115 Å². The summed E-state index contributed by atoms with van der Waals surface area (Å²) in [6.45, 7) is 13.9. The van der Waals surface area contributed by atoms with Gasteiger partial charge in [0.15, 0.2) is 34.5 Å². The van der Waals surface area contributed by atoms with E-state index in [9.17, 15) is 41.9 Å². The molecule has 102 heavy (non-hydrogen) atoms. The molecule has 6 aromatic carbocycles. The molecule has 9 aromatic rings. The average molecular weight is 1460 g/mol. The van der Waals surface area contributed by atoms with Gasteiger partial charge < -0.3 is 77.9 Å². The van der Waals surface area contributed by atoms with E-state index in [0.29, 0.717) is 34.1 Å². The van der Waals surface area contributed by atoms with Gasteiger partial charge in [-0.25, -0.2) is 41.6 Å². The molecule has 3 aliphatic heterocycles. The summed E-state index contributed by atoms with van der Waals surface area (Å²) in [5.41, 5.74) is 21.5. The van der Waals surface area contributed by atoms with Crippen LogP contribution in [0.1, 0.15) is 79.2 Å². The van der Waals surface area contributed by atoms with E-state index in [0.717, 1.165) is 95.6 Å². The van der Waals surface area contributed by atoms with Crippen molar-refractivity contribution in [1.82, 2.24) is 59.7 Å². The molecule has 0 bridgehead atoms. The first kappa shape index (κ1) is 73.6. The Kier molecular flexibility index (Phi) is 22.5. The smallest absolute Gasteiger partial charge is 0.358 e. The van der Waals surface area contributed by atoms with Crippen LogP contribution in [0.25, 0.3) is 17.1 Å². The lowest BCUT2D eigenvalue weighted by Crippen LogP contribution is -2.44. The molecule has 3 saturated heterocycles. The fraction of sp³-hybridized carbons (Fsp3) is 0.273. The first-order chi connectivity index (χ1) is 48.5. The number of halogens is 6. The minimum absolute atomic E-state index is 0.0242. The molecule has 3 fully saturated rings. The lowest BCUT2D eigenvalue weighted by atomic mass is 10.1. The Hall–Kier alpha value is -11.1. The second-order valence-corrected chi connectivity index (χ2v) is 25.3. The number of anilines is 9. The fourth-order valence-electron chi connectivity index (χ4n) is 11.2. The third kappa shape index (κ3) is 16.4. The van der Waals surface area contributed by atoms with Crippen LogP contribution in [0.5, 0.6) is 0 Å². The van der Waals surface area contributed by atoms with Crippen LogP contribution in [-0.4, -0.2) is 210 Å². The number of carbonyl (C=O) groups excluding carboxylic acids is 3. The van der Waals surface area contributed by atoms with E-state index in [2.05, 4.69) is 76.3 Å². The lowest BCUT2D eigenvalue weighted by molar-refractivity contribution is 0.0679. The topological polar surface area (TPSA) is 389 Å². The third-order valence-electron chi connectivity index (χ3n) is 17.2. The number of rotatable bonds is 15. The highest BCUT2D eigenvalue weighted by atomic mass is 35.5. The largest absolute Gasteiger partial charge is 0.476 e. The van der Waals surface area contributed by atoms with Crippen molar-refractivity contribution in [3.63, 3.8) is 0 Å². The minimum atomic E-state index is -1.20. The van der Waals surface area contributed by atoms with Gasteiger partial charge in [0, 0.05) is 95.2 Å². The maximum absolute atomic E-state index is 14.1. The van der Waals surface area contributed by atoms with E-state index < -0.39 is 53.1 Å². The number of aromatic nitrogens is 9. The maximum atomic E-state index is 14.1. The Morgan fingerprint density at radius 3 is 0.853 bits per heavy atom. The lowest BCUT2D eigenvalue weighted by Gasteiger charge is -2.35. The van der Waals surface area contributed by atoms with E-state index in [-0.39, 0.29) is 82.6 Å². The quantitative estimate of drug-likeness (QED) is 0.0439. The summed E-state index contributed by atoms with van der Waals surface area (Å²) in [7, 11) is 6.12. The molecule has 3 aromatic heterocycles. The minimum Gasteiger partial charge on any atom is -0.476 e. The van der Waals surface area contributed by atoms with Crippen LogP contribution in [0, 0.1) is 38.2 Å². The molecule has 0 atom stereocenters. The van der Waals surface area contributed by atoms with Crippen LogP contribution >= 0.6 is 34.8 Å². The summed E-state index contributed by atoms with van der Waals surface area (Å²) < 4.78 is 46.2. The zero-order valence-electron chi connectivity index (χ0n) is 55.6. The monoisotopic (exact) mass is 1460 g/mol. The normalized spacial score (nSPS) is 14.3. The van der Waals surface area contributed by atoms with Gasteiger partial charge in [0.05, 0.1) is 119 Å². The van der Waals surface area contributed by atoms with E-state index in [1.54, 1.807) is 36.4 Å². The van der Waals surface area contributed by atoms with Gasteiger partial charge >= 0.3 is 17.9 Å². The van der Waals surface area contributed by atoms with E-state index in [1.807, 2.05) is 39.3 Å². The maximum Gasteiger partial charge on any atom is 0.358 e. The standard InChI is InChI=1S/3C22H23ClFN7O3/c3*1-12-19(23)14(10-15(25)20(12)24)21(32)26-16-9-13(31-11-17(22(33)34)27-28-31)3-4-18(16)30-7-5-29(2)6-8-30/h3*3-4,9-11H,5-8,25H2,1-2H3,(H,26,32)(H,33,34). The molecule has 12 rings (SSSR count). The molecule has 0 saturated carbocycles. The van der Waals surface area contributed by atoms with E-state index >= 15 is 0 Å². The summed E-state index contributed by atoms with van der Waals surface area (Å²) in [6, 6.07) is 19.4. The van der Waals surface area contributed by atoms with Crippen molar-refractivity contribution in [2.24, 2.45) is 0 Å². The van der Waals surface area contributed by atoms with Gasteiger partial charge in [0.25, 0.3) is 17.7 Å². The number of hydrogen-bond acceptors (Lipinski definition) is 21. The highest BCUT2D eigenvalue weighted by molar-refractivity contribution is 6.36. The molecule has 3 amide bonds. The van der Waals surface area contributed by atoms with Crippen molar-refractivity contribution < 1.29 is 57.3 Å². The number of hydrogen-bond donors (Lipinski definition) is 9. The number of nitrogens with zero attached hydrogens (tertiary/aromatic N) is 15. The third-order valence-corrected chi connectivity index (χ3v) is 18.7. The number of nitrogens with one attached hydrogen (secondary N) is 3. The van der Waals surface area contributed by atoms with Crippen LogP contribution in [0.2, 0.25) is 15.1 Å². The van der Waals surface area contributed by atoms with Crippen LogP contribution < -0.4 is 47.9 Å². The Balaban J connectivity index is 0.000000165. The molecule has 12 N–H and O–H groups in total. The van der Waals surface area contributed by atoms with Crippen molar-refractivity contribution in [3.8, 4) is 17.1 Å². The number of benzene rings is 6. The van der Waals surface area contributed by atoms with Gasteiger partial charge in [-0.1, -0.05) is 50.4 Å². The zero-order chi connectivity index (χ0) is 73.7. The molecule has 3 aliphatic rings. The van der Waals surface area contributed by atoms with Crippen LogP contribution in [0.15, 0.2) is 91.4 Å². The van der Waals surface area contributed by atoms with Gasteiger partial charge in [-0.15, -0.1) is 15.3 Å². The Labute approximate surface area is 595 Å². The molecule has 0 unspecified atom stereocenters. The number of nitrogen functional groups attached to an aromatic ring is 3. The molecular weight excluding hydrogens is 1390 g/mol.